The predicted molar refractivity (Wildman–Crippen MR) is 141 cm³/mol. The van der Waals surface area contributed by atoms with Gasteiger partial charge in [0.1, 0.15) is 12.6 Å². The third-order valence-corrected chi connectivity index (χ3v) is 7.71. The smallest absolute Gasteiger partial charge is 0.407 e. The number of ether oxygens (including phenoxy) is 2. The number of carbonyl (C=O) groups excluding carboxylic acids is 2. The zero-order chi connectivity index (χ0) is 28.1. The van der Waals surface area contributed by atoms with Gasteiger partial charge in [0.2, 0.25) is 10.0 Å². The molecule has 0 unspecified atom stereocenters. The van der Waals surface area contributed by atoms with Gasteiger partial charge in [0.05, 0.1) is 16.9 Å². The predicted octanol–water partition coefficient (Wildman–Crippen LogP) is 4.27. The van der Waals surface area contributed by atoms with Gasteiger partial charge in [0.25, 0.3) is 5.69 Å². The number of hydrogen-bond acceptors (Lipinski definition) is 8. The number of unbranched alkanes of at least 4 members (excludes halogenated alkanes) is 1. The maximum absolute atomic E-state index is 13.5. The largest absolute Gasteiger partial charge is 0.468 e. The van der Waals surface area contributed by atoms with Crippen molar-refractivity contribution in [2.45, 2.75) is 57.1 Å². The molecule has 0 radical (unpaired) electrons. The highest BCUT2D eigenvalue weighted by Gasteiger charge is 2.36. The quantitative estimate of drug-likeness (QED) is 0.150. The minimum atomic E-state index is -4.16. The first-order valence-electron chi connectivity index (χ1n) is 12.3. The molecule has 2 rings (SSSR count). The van der Waals surface area contributed by atoms with Crippen LogP contribution in [-0.4, -0.2) is 56.0 Å². The number of nitrogens with one attached hydrogen (secondary N) is 1. The van der Waals surface area contributed by atoms with Crippen molar-refractivity contribution in [2.75, 3.05) is 20.2 Å². The van der Waals surface area contributed by atoms with E-state index in [1.54, 1.807) is 0 Å². The van der Waals surface area contributed by atoms with Crippen LogP contribution in [0.3, 0.4) is 0 Å². The molecule has 2 aromatic carbocycles. The second kappa shape index (κ2) is 15.0. The number of benzene rings is 2. The van der Waals surface area contributed by atoms with Gasteiger partial charge in [-0.15, -0.1) is 0 Å². The topological polar surface area (TPSA) is 145 Å². The third-order valence-electron chi connectivity index (χ3n) is 5.79. The lowest BCUT2D eigenvalue weighted by Crippen LogP contribution is -2.46. The van der Waals surface area contributed by atoms with E-state index in [9.17, 15) is 28.1 Å². The monoisotopic (exact) mass is 549 g/mol. The molecule has 1 atom stereocenters. The van der Waals surface area contributed by atoms with Gasteiger partial charge in [0.15, 0.2) is 0 Å². The molecule has 0 bridgehead atoms. The van der Waals surface area contributed by atoms with Crippen molar-refractivity contribution in [1.29, 1.82) is 0 Å². The molecule has 0 saturated heterocycles. The number of alkyl carbamates (subject to hydrolysis) is 1. The first-order chi connectivity index (χ1) is 18.1. The van der Waals surface area contributed by atoms with E-state index in [1.807, 2.05) is 44.2 Å². The van der Waals surface area contributed by atoms with Crippen LogP contribution in [0.15, 0.2) is 59.5 Å². The van der Waals surface area contributed by atoms with E-state index in [4.69, 9.17) is 9.47 Å². The molecule has 0 aliphatic rings. The van der Waals surface area contributed by atoms with Crippen molar-refractivity contribution in [2.24, 2.45) is 5.92 Å². The van der Waals surface area contributed by atoms with Crippen molar-refractivity contribution in [3.8, 4) is 0 Å². The van der Waals surface area contributed by atoms with E-state index in [0.717, 1.165) is 34.1 Å². The molecule has 38 heavy (non-hydrogen) atoms. The van der Waals surface area contributed by atoms with Crippen LogP contribution in [-0.2, 0) is 30.9 Å². The molecule has 11 nitrogen and oxygen atoms in total. The minimum Gasteiger partial charge on any atom is -0.468 e. The number of nitrogens with zero attached hydrogens (tertiary/aromatic N) is 2. The highest BCUT2D eigenvalue weighted by atomic mass is 32.2. The summed E-state index contributed by atoms with van der Waals surface area (Å²) in [5, 5.41) is 13.6. The van der Waals surface area contributed by atoms with Crippen LogP contribution in [0.2, 0.25) is 0 Å². The Labute approximate surface area is 223 Å². The average molecular weight is 550 g/mol. The second-order valence-corrected chi connectivity index (χ2v) is 11.0. The maximum Gasteiger partial charge on any atom is 0.407 e. The standard InChI is InChI=1S/C26H35N3O8S/c1-20(2)16-18-28(38(34,35)23-14-12-22(13-15-23)29(32)33)24(25(30)36-3)11-7-8-17-27-26(31)37-19-21-9-5-4-6-10-21/h4-6,9-10,12-15,20,24H,7-8,11,16-19H2,1-3H3,(H,27,31)/t24-/m0/s1. The summed E-state index contributed by atoms with van der Waals surface area (Å²) in [4.78, 5) is 34.9. The molecule has 0 aliphatic carbocycles. The van der Waals surface area contributed by atoms with Gasteiger partial charge in [-0.3, -0.25) is 14.9 Å². The lowest BCUT2D eigenvalue weighted by molar-refractivity contribution is -0.384. The minimum absolute atomic E-state index is 0.0703. The van der Waals surface area contributed by atoms with E-state index in [-0.39, 0.29) is 42.6 Å². The Bertz CT molecular complexity index is 1150. The number of rotatable bonds is 15. The summed E-state index contributed by atoms with van der Waals surface area (Å²) in [5.74, 6) is -0.538. The van der Waals surface area contributed by atoms with Crippen LogP contribution in [0.5, 0.6) is 0 Å². The second-order valence-electron chi connectivity index (χ2n) is 9.07. The molecule has 1 amide bonds. The van der Waals surface area contributed by atoms with Crippen LogP contribution < -0.4 is 5.32 Å². The number of esters is 1. The zero-order valence-electron chi connectivity index (χ0n) is 21.9. The SMILES string of the molecule is COC(=O)[C@H](CCCCNC(=O)OCc1ccccc1)N(CCC(C)C)S(=O)(=O)c1ccc([N+](=O)[O-])cc1. The highest BCUT2D eigenvalue weighted by Crippen LogP contribution is 2.25. The van der Waals surface area contributed by atoms with Crippen LogP contribution in [0.4, 0.5) is 10.5 Å². The molecule has 0 fully saturated rings. The molecular weight excluding hydrogens is 514 g/mol. The fourth-order valence-electron chi connectivity index (χ4n) is 3.65. The molecule has 2 aromatic rings. The Morgan fingerprint density at radius 2 is 1.68 bits per heavy atom. The molecule has 208 valence electrons. The molecule has 0 saturated carbocycles. The van der Waals surface area contributed by atoms with Gasteiger partial charge in [-0.25, -0.2) is 13.2 Å². The Morgan fingerprint density at radius 1 is 1.03 bits per heavy atom. The lowest BCUT2D eigenvalue weighted by atomic mass is 10.1. The summed E-state index contributed by atoms with van der Waals surface area (Å²) < 4.78 is 38.3. The molecule has 0 aliphatic heterocycles. The van der Waals surface area contributed by atoms with Crippen LogP contribution in [0, 0.1) is 16.0 Å². The molecule has 0 spiro atoms. The van der Waals surface area contributed by atoms with Gasteiger partial charge in [0, 0.05) is 25.2 Å². The maximum atomic E-state index is 13.5. The highest BCUT2D eigenvalue weighted by molar-refractivity contribution is 7.89. The van der Waals surface area contributed by atoms with E-state index in [0.29, 0.717) is 19.3 Å². The van der Waals surface area contributed by atoms with E-state index in [2.05, 4.69) is 5.32 Å². The number of nitro benzene ring substituents is 1. The van der Waals surface area contributed by atoms with Gasteiger partial charge < -0.3 is 14.8 Å². The molecule has 0 heterocycles. The fraction of sp³-hybridized carbons (Fsp3) is 0.462. The summed E-state index contributed by atoms with van der Waals surface area (Å²) in [6.07, 6.45) is 0.986. The van der Waals surface area contributed by atoms with Crippen molar-refractivity contribution < 1.29 is 32.4 Å². The summed E-state index contributed by atoms with van der Waals surface area (Å²) >= 11 is 0. The number of non-ortho nitro benzene ring substituents is 1. The van der Waals surface area contributed by atoms with Crippen LogP contribution in [0.25, 0.3) is 0 Å². The van der Waals surface area contributed by atoms with Crippen molar-refractivity contribution in [3.05, 3.63) is 70.3 Å². The molecule has 1 N–H and O–H groups in total. The van der Waals surface area contributed by atoms with Gasteiger partial charge in [-0.2, -0.15) is 4.31 Å². The number of carbonyl (C=O) groups is 2. The normalized spacial score (nSPS) is 12.2. The van der Waals surface area contributed by atoms with Crippen LogP contribution >= 0.6 is 0 Å². The molecule has 0 aromatic heterocycles. The fourth-order valence-corrected chi connectivity index (χ4v) is 5.27. The van der Waals surface area contributed by atoms with Crippen molar-refractivity contribution in [3.63, 3.8) is 0 Å². The Balaban J connectivity index is 2.05. The Kier molecular flexibility index (Phi) is 12.2. The zero-order valence-corrected chi connectivity index (χ0v) is 22.7. The first kappa shape index (κ1) is 30.7. The number of sulfonamides is 1. The first-order valence-corrected chi connectivity index (χ1v) is 13.8. The number of nitro groups is 1. The molecule has 12 heteroatoms. The third kappa shape index (κ3) is 9.42. The molecular formula is C26H35N3O8S. The van der Waals surface area contributed by atoms with Crippen molar-refractivity contribution >= 4 is 27.8 Å². The van der Waals surface area contributed by atoms with Crippen LogP contribution in [0.1, 0.15) is 45.1 Å². The van der Waals surface area contributed by atoms with Gasteiger partial charge >= 0.3 is 12.1 Å². The lowest BCUT2D eigenvalue weighted by Gasteiger charge is -2.29. The van der Waals surface area contributed by atoms with Crippen molar-refractivity contribution in [1.82, 2.24) is 9.62 Å². The average Bonchev–Trinajstić information content (AvgIpc) is 2.90. The summed E-state index contributed by atoms with van der Waals surface area (Å²) in [7, 11) is -2.97. The summed E-state index contributed by atoms with van der Waals surface area (Å²) in [6.45, 7) is 4.37. The van der Waals surface area contributed by atoms with E-state index >= 15 is 0 Å². The van der Waals surface area contributed by atoms with E-state index < -0.39 is 33.1 Å². The number of amides is 1. The Hall–Kier alpha value is -3.51. The summed E-state index contributed by atoms with van der Waals surface area (Å²) in [5.41, 5.74) is 0.622. The Morgan fingerprint density at radius 3 is 2.26 bits per heavy atom. The number of methoxy groups -OCH3 is 1. The summed E-state index contributed by atoms with van der Waals surface area (Å²) in [6, 6.07) is 12.7. The number of hydrogen-bond donors (Lipinski definition) is 1. The van der Waals surface area contributed by atoms with Gasteiger partial charge in [-0.1, -0.05) is 44.2 Å². The van der Waals surface area contributed by atoms with Gasteiger partial charge in [-0.05, 0) is 49.3 Å². The van der Waals surface area contributed by atoms with E-state index in [1.165, 1.54) is 7.11 Å².